The third-order valence-electron chi connectivity index (χ3n) is 4.12. The van der Waals surface area contributed by atoms with Crippen molar-refractivity contribution in [3.63, 3.8) is 0 Å². The molecule has 0 aromatic heterocycles. The molecule has 1 atom stereocenters. The van der Waals surface area contributed by atoms with Crippen LogP contribution in [-0.2, 0) is 6.54 Å². The van der Waals surface area contributed by atoms with Gasteiger partial charge in [-0.3, -0.25) is 4.90 Å². The molecule has 1 aliphatic heterocycles. The van der Waals surface area contributed by atoms with E-state index >= 15 is 0 Å². The molecule has 2 rings (SSSR count). The van der Waals surface area contributed by atoms with Crippen LogP contribution < -0.4 is 4.74 Å². The summed E-state index contributed by atoms with van der Waals surface area (Å²) >= 11 is 0. The highest BCUT2D eigenvalue weighted by Gasteiger charge is 2.34. The minimum Gasteiger partial charge on any atom is -0.496 e. The highest BCUT2D eigenvalue weighted by Crippen LogP contribution is 2.30. The Labute approximate surface area is 116 Å². The molecule has 0 saturated carbocycles. The SMILES string of the molecule is COc1ccc(CN2CCC(O)C(C)(C)C2)cc1C. The van der Waals surface area contributed by atoms with Gasteiger partial charge in [-0.25, -0.2) is 0 Å². The standard InChI is InChI=1S/C16H25NO2/c1-12-9-13(5-6-14(12)19-4)10-17-8-7-15(18)16(2,3)11-17/h5-6,9,15,18H,7-8,10-11H2,1-4H3. The van der Waals surface area contributed by atoms with Gasteiger partial charge in [-0.1, -0.05) is 26.0 Å². The van der Waals surface area contributed by atoms with Gasteiger partial charge in [0.1, 0.15) is 5.75 Å². The lowest BCUT2D eigenvalue weighted by molar-refractivity contribution is -0.0270. The Kier molecular flexibility index (Phi) is 4.16. The van der Waals surface area contributed by atoms with E-state index in [0.29, 0.717) is 0 Å². The summed E-state index contributed by atoms with van der Waals surface area (Å²) in [6.07, 6.45) is 0.684. The maximum absolute atomic E-state index is 9.99. The molecule has 1 unspecified atom stereocenters. The molecule has 1 aromatic carbocycles. The molecule has 106 valence electrons. The Morgan fingerprint density at radius 3 is 2.74 bits per heavy atom. The summed E-state index contributed by atoms with van der Waals surface area (Å²) in [6.45, 7) is 9.22. The van der Waals surface area contributed by atoms with E-state index in [-0.39, 0.29) is 11.5 Å². The predicted molar refractivity (Wildman–Crippen MR) is 77.4 cm³/mol. The maximum atomic E-state index is 9.99. The van der Waals surface area contributed by atoms with E-state index in [2.05, 4.69) is 37.8 Å². The maximum Gasteiger partial charge on any atom is 0.121 e. The summed E-state index contributed by atoms with van der Waals surface area (Å²) in [7, 11) is 1.70. The molecule has 1 fully saturated rings. The van der Waals surface area contributed by atoms with E-state index in [1.54, 1.807) is 7.11 Å². The molecular formula is C16H25NO2. The lowest BCUT2D eigenvalue weighted by atomic mass is 9.81. The summed E-state index contributed by atoms with van der Waals surface area (Å²) in [5.41, 5.74) is 2.47. The first-order chi connectivity index (χ1) is 8.92. The predicted octanol–water partition coefficient (Wildman–Crippen LogP) is 2.60. The first-order valence-electron chi connectivity index (χ1n) is 6.96. The van der Waals surface area contributed by atoms with Gasteiger partial charge in [-0.15, -0.1) is 0 Å². The van der Waals surface area contributed by atoms with Crippen LogP contribution in [0.4, 0.5) is 0 Å². The number of methoxy groups -OCH3 is 1. The van der Waals surface area contributed by atoms with Gasteiger partial charge in [0, 0.05) is 25.0 Å². The number of aliphatic hydroxyl groups excluding tert-OH is 1. The molecule has 3 heteroatoms. The molecule has 0 spiro atoms. The smallest absolute Gasteiger partial charge is 0.121 e. The molecular weight excluding hydrogens is 238 g/mol. The average molecular weight is 263 g/mol. The molecule has 3 nitrogen and oxygen atoms in total. The first kappa shape index (κ1) is 14.4. The van der Waals surface area contributed by atoms with Crippen molar-refractivity contribution in [3.8, 4) is 5.75 Å². The van der Waals surface area contributed by atoms with Gasteiger partial charge in [-0.2, -0.15) is 0 Å². The third kappa shape index (κ3) is 3.28. The van der Waals surface area contributed by atoms with Crippen molar-refractivity contribution in [2.75, 3.05) is 20.2 Å². The fraction of sp³-hybridized carbons (Fsp3) is 0.625. The Morgan fingerprint density at radius 1 is 1.42 bits per heavy atom. The minimum absolute atomic E-state index is 0.0141. The number of nitrogens with zero attached hydrogens (tertiary/aromatic N) is 1. The zero-order chi connectivity index (χ0) is 14.0. The number of likely N-dealkylation sites (tertiary alicyclic amines) is 1. The van der Waals surface area contributed by atoms with Gasteiger partial charge in [-0.05, 0) is 30.5 Å². The monoisotopic (exact) mass is 263 g/mol. The van der Waals surface area contributed by atoms with Gasteiger partial charge in [0.2, 0.25) is 0 Å². The lowest BCUT2D eigenvalue weighted by Crippen LogP contribution is -2.48. The second-order valence-electron chi connectivity index (χ2n) is 6.31. The number of hydrogen-bond acceptors (Lipinski definition) is 3. The second-order valence-corrected chi connectivity index (χ2v) is 6.31. The molecule has 0 aliphatic carbocycles. The van der Waals surface area contributed by atoms with Crippen LogP contribution >= 0.6 is 0 Å². The Hall–Kier alpha value is -1.06. The van der Waals surface area contributed by atoms with Gasteiger partial charge in [0.05, 0.1) is 13.2 Å². The van der Waals surface area contributed by atoms with Crippen LogP contribution in [-0.4, -0.2) is 36.3 Å². The number of piperidine rings is 1. The zero-order valence-electron chi connectivity index (χ0n) is 12.4. The van der Waals surface area contributed by atoms with E-state index in [1.165, 1.54) is 11.1 Å². The number of hydrogen-bond donors (Lipinski definition) is 1. The van der Waals surface area contributed by atoms with E-state index in [1.807, 2.05) is 6.07 Å². The average Bonchev–Trinajstić information content (AvgIpc) is 2.34. The Balaban J connectivity index is 2.04. The molecule has 1 saturated heterocycles. The fourth-order valence-corrected chi connectivity index (χ4v) is 2.89. The van der Waals surface area contributed by atoms with Crippen LogP contribution in [0.3, 0.4) is 0 Å². The number of aliphatic hydroxyl groups is 1. The largest absolute Gasteiger partial charge is 0.496 e. The fourth-order valence-electron chi connectivity index (χ4n) is 2.89. The van der Waals surface area contributed by atoms with Crippen molar-refractivity contribution in [2.45, 2.75) is 39.8 Å². The van der Waals surface area contributed by atoms with Crippen molar-refractivity contribution < 1.29 is 9.84 Å². The Bertz CT molecular complexity index is 442. The van der Waals surface area contributed by atoms with Gasteiger partial charge in [0.15, 0.2) is 0 Å². The quantitative estimate of drug-likeness (QED) is 0.910. The second kappa shape index (κ2) is 5.51. The van der Waals surface area contributed by atoms with Crippen molar-refractivity contribution in [1.29, 1.82) is 0 Å². The van der Waals surface area contributed by atoms with Crippen molar-refractivity contribution in [1.82, 2.24) is 4.90 Å². The molecule has 1 aliphatic rings. The summed E-state index contributed by atoms with van der Waals surface area (Å²) in [5.74, 6) is 0.943. The van der Waals surface area contributed by atoms with Crippen LogP contribution in [0, 0.1) is 12.3 Å². The third-order valence-corrected chi connectivity index (χ3v) is 4.12. The molecule has 1 heterocycles. The van der Waals surface area contributed by atoms with E-state index in [4.69, 9.17) is 4.74 Å². The zero-order valence-corrected chi connectivity index (χ0v) is 12.4. The molecule has 0 bridgehead atoms. The molecule has 0 radical (unpaired) electrons. The van der Waals surface area contributed by atoms with Crippen LogP contribution in [0.5, 0.6) is 5.75 Å². The summed E-state index contributed by atoms with van der Waals surface area (Å²) in [4.78, 5) is 2.42. The van der Waals surface area contributed by atoms with Crippen LogP contribution in [0.2, 0.25) is 0 Å². The summed E-state index contributed by atoms with van der Waals surface area (Å²) in [6, 6.07) is 6.36. The number of ether oxygens (including phenoxy) is 1. The van der Waals surface area contributed by atoms with E-state index in [9.17, 15) is 5.11 Å². The molecule has 1 N–H and O–H groups in total. The van der Waals surface area contributed by atoms with Gasteiger partial charge < -0.3 is 9.84 Å². The summed E-state index contributed by atoms with van der Waals surface area (Å²) in [5, 5.41) is 9.99. The van der Waals surface area contributed by atoms with E-state index in [0.717, 1.165) is 31.8 Å². The Morgan fingerprint density at radius 2 is 2.16 bits per heavy atom. The first-order valence-corrected chi connectivity index (χ1v) is 6.96. The van der Waals surface area contributed by atoms with Crippen molar-refractivity contribution >= 4 is 0 Å². The number of benzene rings is 1. The normalized spacial score (nSPS) is 23.3. The van der Waals surface area contributed by atoms with Crippen LogP contribution in [0.15, 0.2) is 18.2 Å². The molecule has 19 heavy (non-hydrogen) atoms. The van der Waals surface area contributed by atoms with Crippen LogP contribution in [0.25, 0.3) is 0 Å². The number of aryl methyl sites for hydroxylation is 1. The highest BCUT2D eigenvalue weighted by molar-refractivity contribution is 5.36. The minimum atomic E-state index is -0.179. The van der Waals surface area contributed by atoms with Crippen molar-refractivity contribution in [3.05, 3.63) is 29.3 Å². The topological polar surface area (TPSA) is 32.7 Å². The van der Waals surface area contributed by atoms with E-state index < -0.39 is 0 Å². The molecule has 0 amide bonds. The molecule has 1 aromatic rings. The van der Waals surface area contributed by atoms with Gasteiger partial charge in [0.25, 0.3) is 0 Å². The van der Waals surface area contributed by atoms with Gasteiger partial charge >= 0.3 is 0 Å². The lowest BCUT2D eigenvalue weighted by Gasteiger charge is -2.41. The summed E-state index contributed by atoms with van der Waals surface area (Å²) < 4.78 is 5.29. The highest BCUT2D eigenvalue weighted by atomic mass is 16.5. The van der Waals surface area contributed by atoms with Crippen molar-refractivity contribution in [2.24, 2.45) is 5.41 Å². The number of rotatable bonds is 3. The van der Waals surface area contributed by atoms with Crippen LogP contribution in [0.1, 0.15) is 31.4 Å².